The number of hydrogen-bond acceptors (Lipinski definition) is 8. The van der Waals surface area contributed by atoms with Crippen LogP contribution in [0, 0.1) is 18.8 Å². The van der Waals surface area contributed by atoms with Gasteiger partial charge in [-0.2, -0.15) is 0 Å². The van der Waals surface area contributed by atoms with Gasteiger partial charge in [-0.15, -0.1) is 10.2 Å². The number of nitrogens with one attached hydrogen (secondary N) is 1. The second-order valence-electron chi connectivity index (χ2n) is 6.44. The van der Waals surface area contributed by atoms with Gasteiger partial charge < -0.3 is 9.52 Å². The van der Waals surface area contributed by atoms with Crippen LogP contribution in [0.15, 0.2) is 45.8 Å². The first-order valence-corrected chi connectivity index (χ1v) is 9.43. The van der Waals surface area contributed by atoms with E-state index in [9.17, 15) is 19.6 Å². The molecule has 2 N–H and O–H groups in total. The van der Waals surface area contributed by atoms with Crippen LogP contribution < -0.4 is 10.1 Å². The summed E-state index contributed by atoms with van der Waals surface area (Å²) in [5.41, 5.74) is 2.35. The smallest absolute Gasteiger partial charge is 0.301 e. The minimum Gasteiger partial charge on any atom is -0.507 e. The summed E-state index contributed by atoms with van der Waals surface area (Å²) in [5, 5.41) is 20.6. The molecule has 0 spiro atoms. The fraction of sp³-hybridized carbons (Fsp3) is 0.158. The van der Waals surface area contributed by atoms with E-state index in [-0.39, 0.29) is 22.2 Å². The Balaban J connectivity index is 1.98. The summed E-state index contributed by atoms with van der Waals surface area (Å²) in [6.45, 7) is 3.37. The number of aryl methyl sites for hydroxylation is 2. The molecule has 1 aromatic carbocycles. The number of nitrogens with zero attached hydrogens (tertiary/aromatic N) is 3. The molecule has 2 aromatic heterocycles. The van der Waals surface area contributed by atoms with Crippen LogP contribution in [0.25, 0.3) is 5.76 Å². The highest BCUT2D eigenvalue weighted by molar-refractivity contribution is 7.13. The van der Waals surface area contributed by atoms with Gasteiger partial charge in [0.1, 0.15) is 22.8 Å². The zero-order valence-corrected chi connectivity index (χ0v) is 16.2. The number of Topliss-reactive ketones (excluding diaryl/α,β-unsaturated/α-hetero) is 1. The van der Waals surface area contributed by atoms with Gasteiger partial charge in [0.15, 0.2) is 0 Å². The summed E-state index contributed by atoms with van der Waals surface area (Å²) in [6.07, 6.45) is 0. The lowest BCUT2D eigenvalue weighted by Gasteiger charge is -2.22. The monoisotopic (exact) mass is 411 g/mol. The molecule has 3 aromatic rings. The third-order valence-electron chi connectivity index (χ3n) is 4.62. The zero-order valence-electron chi connectivity index (χ0n) is 15.4. The van der Waals surface area contributed by atoms with Crippen molar-refractivity contribution < 1.29 is 24.3 Å². The molecule has 1 saturated heterocycles. The number of furan rings is 1. The average Bonchev–Trinajstić information content (AvgIpc) is 3.41. The molecular weight excluding hydrogens is 396 g/mol. The van der Waals surface area contributed by atoms with Gasteiger partial charge in [-0.3, -0.25) is 14.5 Å². The summed E-state index contributed by atoms with van der Waals surface area (Å²) >= 11 is 1.08. The van der Waals surface area contributed by atoms with Crippen molar-refractivity contribution in [1.29, 1.82) is 0 Å². The predicted molar refractivity (Wildman–Crippen MR) is 103 cm³/mol. The molecule has 0 bridgehead atoms. The van der Waals surface area contributed by atoms with Crippen LogP contribution in [0.5, 0.6) is 0 Å². The number of rotatable bonds is 4. The van der Waals surface area contributed by atoms with E-state index in [1.807, 2.05) is 0 Å². The molecule has 146 valence electrons. The topological polar surface area (TPSA) is 128 Å². The van der Waals surface area contributed by atoms with E-state index in [2.05, 4.69) is 10.2 Å². The number of carbonyl (C=O) groups is 2. The Hall–Kier alpha value is -3.66. The first-order chi connectivity index (χ1) is 13.9. The fourth-order valence-electron chi connectivity index (χ4n) is 3.40. The molecule has 1 amide bonds. The maximum Gasteiger partial charge on any atom is 0.301 e. The van der Waals surface area contributed by atoms with Crippen molar-refractivity contribution in [2.75, 3.05) is 4.90 Å². The Labute approximate surface area is 168 Å². The Morgan fingerprint density at radius 3 is 2.69 bits per heavy atom. The minimum absolute atomic E-state index is 0.114. The van der Waals surface area contributed by atoms with Gasteiger partial charge >= 0.3 is 5.91 Å². The van der Waals surface area contributed by atoms with Crippen molar-refractivity contribution in [3.63, 3.8) is 0 Å². The Morgan fingerprint density at radius 1 is 1.28 bits per heavy atom. The molecular formula is C19H15N4O5S+. The standard InChI is InChI=1S/C19H14N4O5S/c1-9-6-13(10(2)28-9)16(24)14-15(11-4-3-5-12(7-11)22-27)23(18(26)17(14)25)19-21-20-8-29-19/h3-8,15,24H,1-2H3/p+1/b16-14+. The van der Waals surface area contributed by atoms with E-state index >= 15 is 0 Å². The van der Waals surface area contributed by atoms with Crippen molar-refractivity contribution >= 4 is 39.6 Å². The molecule has 1 aliphatic heterocycles. The van der Waals surface area contributed by atoms with Crippen molar-refractivity contribution in [2.45, 2.75) is 19.9 Å². The fourth-order valence-corrected chi connectivity index (χ4v) is 3.99. The number of amides is 1. The van der Waals surface area contributed by atoms with Gasteiger partial charge in [-0.1, -0.05) is 23.5 Å². The minimum atomic E-state index is -0.981. The van der Waals surface area contributed by atoms with Crippen molar-refractivity contribution in [3.8, 4) is 0 Å². The predicted octanol–water partition coefficient (Wildman–Crippen LogP) is 1.85. The van der Waals surface area contributed by atoms with Crippen LogP contribution >= 0.6 is 11.3 Å². The highest BCUT2D eigenvalue weighted by Crippen LogP contribution is 2.43. The van der Waals surface area contributed by atoms with E-state index in [0.717, 1.165) is 11.3 Å². The largest absolute Gasteiger partial charge is 0.507 e. The van der Waals surface area contributed by atoms with Gasteiger partial charge in [0.2, 0.25) is 5.13 Å². The lowest BCUT2D eigenvalue weighted by Crippen LogP contribution is -2.55. The number of aromatic nitrogens is 2. The average molecular weight is 411 g/mol. The lowest BCUT2D eigenvalue weighted by molar-refractivity contribution is -0.379. The molecule has 0 radical (unpaired) electrons. The second-order valence-corrected chi connectivity index (χ2v) is 7.26. The highest BCUT2D eigenvalue weighted by Gasteiger charge is 2.48. The van der Waals surface area contributed by atoms with E-state index < -0.39 is 17.7 Å². The molecule has 1 fully saturated rings. The summed E-state index contributed by atoms with van der Waals surface area (Å²) in [5.74, 6) is -1.09. The summed E-state index contributed by atoms with van der Waals surface area (Å²) in [4.78, 5) is 38.1. The summed E-state index contributed by atoms with van der Waals surface area (Å²) < 4.78 is 5.46. The van der Waals surface area contributed by atoms with Gasteiger partial charge in [-0.25, -0.2) is 0 Å². The number of ketones is 1. The quantitative estimate of drug-likeness (QED) is 0.381. The molecule has 29 heavy (non-hydrogen) atoms. The van der Waals surface area contributed by atoms with Crippen molar-refractivity contribution in [3.05, 3.63) is 69.0 Å². The van der Waals surface area contributed by atoms with E-state index in [1.54, 1.807) is 43.3 Å². The number of aliphatic hydroxyl groups excluding tert-OH is 1. The van der Waals surface area contributed by atoms with E-state index in [4.69, 9.17) is 4.42 Å². The molecule has 1 atom stereocenters. The van der Waals surface area contributed by atoms with E-state index in [1.165, 1.54) is 16.5 Å². The van der Waals surface area contributed by atoms with Crippen molar-refractivity contribution in [1.82, 2.24) is 10.2 Å². The van der Waals surface area contributed by atoms with Crippen LogP contribution in [0.2, 0.25) is 0 Å². The van der Waals surface area contributed by atoms with Crippen LogP contribution in [0.1, 0.15) is 28.7 Å². The third kappa shape index (κ3) is 3.03. The van der Waals surface area contributed by atoms with Crippen LogP contribution in [0.4, 0.5) is 10.8 Å². The molecule has 0 aliphatic carbocycles. The van der Waals surface area contributed by atoms with Gasteiger partial charge in [-0.05, 0) is 25.5 Å². The number of carbonyl (C=O) groups excluding carboxylic acids is 2. The number of aliphatic hydroxyl groups is 1. The van der Waals surface area contributed by atoms with Crippen LogP contribution in [-0.4, -0.2) is 27.0 Å². The number of hydrogen-bond donors (Lipinski definition) is 2. The molecule has 4 rings (SSSR count). The Kier molecular flexibility index (Phi) is 4.55. The van der Waals surface area contributed by atoms with E-state index in [0.29, 0.717) is 22.6 Å². The van der Waals surface area contributed by atoms with Crippen LogP contribution in [-0.2, 0) is 9.59 Å². The molecule has 0 saturated carbocycles. The zero-order chi connectivity index (χ0) is 20.7. The maximum atomic E-state index is 12.9. The molecule has 3 heterocycles. The first-order valence-electron chi connectivity index (χ1n) is 8.55. The molecule has 9 nitrogen and oxygen atoms in total. The normalized spacial score (nSPS) is 18.4. The summed E-state index contributed by atoms with van der Waals surface area (Å²) in [7, 11) is 0. The first kappa shape index (κ1) is 18.7. The summed E-state index contributed by atoms with van der Waals surface area (Å²) in [6, 6.07) is 6.95. The number of benzene rings is 1. The Bertz CT molecular complexity index is 1170. The number of nitroso groups, excluding NO2 is 1. The highest BCUT2D eigenvalue weighted by atomic mass is 32.1. The van der Waals surface area contributed by atoms with Crippen molar-refractivity contribution in [2.24, 2.45) is 0 Å². The molecule has 1 unspecified atom stereocenters. The second kappa shape index (κ2) is 7.06. The molecule has 1 aliphatic rings. The molecule has 10 heteroatoms. The number of anilines is 1. The Morgan fingerprint density at radius 2 is 2.07 bits per heavy atom. The SMILES string of the molecule is Cc1cc(/C(O)=C2\C(=O)C(=O)N(c3nncs3)C2c2cccc([NH+]=O)c2)c(C)o1. The maximum absolute atomic E-state index is 12.9. The lowest BCUT2D eigenvalue weighted by atomic mass is 9.95. The third-order valence-corrected chi connectivity index (χ3v) is 5.30. The van der Waals surface area contributed by atoms with Gasteiger partial charge in [0, 0.05) is 22.2 Å². The van der Waals surface area contributed by atoms with Crippen LogP contribution in [0.3, 0.4) is 0 Å². The van der Waals surface area contributed by atoms with Gasteiger partial charge in [0.05, 0.1) is 17.2 Å². The van der Waals surface area contributed by atoms with Gasteiger partial charge in [0.25, 0.3) is 11.5 Å².